The lowest BCUT2D eigenvalue weighted by atomic mass is 10.0. The molecule has 1 aromatic heterocycles. The van der Waals surface area contributed by atoms with Crippen molar-refractivity contribution in [3.05, 3.63) is 72.1 Å². The molecule has 22 heavy (non-hydrogen) atoms. The van der Waals surface area contributed by atoms with Crippen LogP contribution in [0.2, 0.25) is 0 Å². The minimum atomic E-state index is -0.849. The van der Waals surface area contributed by atoms with Gasteiger partial charge in [0.15, 0.2) is 17.5 Å². The molecular weight excluding hydrogens is 282 g/mol. The number of hydrogen-bond acceptors (Lipinski definition) is 2. The highest BCUT2D eigenvalue weighted by atomic mass is 19.2. The van der Waals surface area contributed by atoms with Gasteiger partial charge in [-0.05, 0) is 35.7 Å². The van der Waals surface area contributed by atoms with Crippen LogP contribution in [0.5, 0.6) is 0 Å². The quantitative estimate of drug-likeness (QED) is 0.663. The summed E-state index contributed by atoms with van der Waals surface area (Å²) in [5.74, 6) is -1.06. The summed E-state index contributed by atoms with van der Waals surface area (Å²) in [6.07, 6.45) is 3.51. The van der Waals surface area contributed by atoms with Crippen molar-refractivity contribution in [2.24, 2.45) is 0 Å². The summed E-state index contributed by atoms with van der Waals surface area (Å²) in [6.45, 7) is 1.93. The Morgan fingerprint density at radius 3 is 1.86 bits per heavy atom. The molecule has 0 spiro atoms. The third-order valence-corrected chi connectivity index (χ3v) is 3.18. The van der Waals surface area contributed by atoms with Crippen molar-refractivity contribution >= 4 is 0 Å². The van der Waals surface area contributed by atoms with E-state index in [0.29, 0.717) is 11.4 Å². The van der Waals surface area contributed by atoms with E-state index in [0.717, 1.165) is 22.8 Å². The molecule has 0 saturated heterocycles. The van der Waals surface area contributed by atoms with Gasteiger partial charge >= 0.3 is 0 Å². The maximum absolute atomic E-state index is 13.3. The Hall–Kier alpha value is -2.62. The van der Waals surface area contributed by atoms with Crippen LogP contribution < -0.4 is 0 Å². The number of halogens is 2. The average Bonchev–Trinajstić information content (AvgIpc) is 2.51. The summed E-state index contributed by atoms with van der Waals surface area (Å²) >= 11 is 0. The zero-order chi connectivity index (χ0) is 14.8. The summed E-state index contributed by atoms with van der Waals surface area (Å²) in [6, 6.07) is 11.3. The molecule has 0 aliphatic heterocycles. The van der Waals surface area contributed by atoms with Crippen molar-refractivity contribution in [3.63, 3.8) is 0 Å². The molecule has 4 heteroatoms. The van der Waals surface area contributed by atoms with Gasteiger partial charge in [0.2, 0.25) is 0 Å². The van der Waals surface area contributed by atoms with Crippen LogP contribution in [0.4, 0.5) is 8.78 Å². The number of aryl methyl sites for hydroxylation is 1. The SMILES string of the molecule is C.Cc1cnc(-c2ccc(-c3ccc(F)c(F)c3)cc2)nc1. The molecule has 2 aromatic carbocycles. The van der Waals surface area contributed by atoms with Crippen LogP contribution in [-0.2, 0) is 0 Å². The van der Waals surface area contributed by atoms with Gasteiger partial charge in [-0.25, -0.2) is 18.7 Å². The zero-order valence-corrected chi connectivity index (χ0v) is 11.3. The van der Waals surface area contributed by atoms with Gasteiger partial charge in [0.25, 0.3) is 0 Å². The Labute approximate surface area is 128 Å². The second-order valence-electron chi connectivity index (χ2n) is 4.79. The second-order valence-corrected chi connectivity index (χ2v) is 4.79. The molecule has 112 valence electrons. The fraction of sp³-hybridized carbons (Fsp3) is 0.111. The molecule has 0 unspecified atom stereocenters. The third kappa shape index (κ3) is 3.17. The van der Waals surface area contributed by atoms with Gasteiger partial charge < -0.3 is 0 Å². The predicted molar refractivity (Wildman–Crippen MR) is 84.3 cm³/mol. The number of aromatic nitrogens is 2. The number of benzene rings is 2. The number of hydrogen-bond donors (Lipinski definition) is 0. The van der Waals surface area contributed by atoms with Crippen LogP contribution in [0.1, 0.15) is 13.0 Å². The van der Waals surface area contributed by atoms with Gasteiger partial charge in [-0.3, -0.25) is 0 Å². The Bertz CT molecular complexity index is 766. The highest BCUT2D eigenvalue weighted by molar-refractivity contribution is 5.67. The van der Waals surface area contributed by atoms with Crippen molar-refractivity contribution in [1.29, 1.82) is 0 Å². The summed E-state index contributed by atoms with van der Waals surface area (Å²) in [7, 11) is 0. The van der Waals surface area contributed by atoms with E-state index in [9.17, 15) is 8.78 Å². The Morgan fingerprint density at radius 2 is 1.27 bits per heavy atom. The molecule has 0 radical (unpaired) electrons. The van der Waals surface area contributed by atoms with Gasteiger partial charge in [0, 0.05) is 18.0 Å². The average molecular weight is 298 g/mol. The highest BCUT2D eigenvalue weighted by Gasteiger charge is 2.06. The van der Waals surface area contributed by atoms with Crippen molar-refractivity contribution in [2.45, 2.75) is 14.4 Å². The van der Waals surface area contributed by atoms with Gasteiger partial charge in [-0.1, -0.05) is 37.8 Å². The molecule has 2 nitrogen and oxygen atoms in total. The minimum Gasteiger partial charge on any atom is -0.236 e. The summed E-state index contributed by atoms with van der Waals surface area (Å²) in [4.78, 5) is 8.51. The zero-order valence-electron chi connectivity index (χ0n) is 11.3. The second kappa shape index (κ2) is 6.43. The molecule has 3 aromatic rings. The fourth-order valence-electron chi connectivity index (χ4n) is 2.03. The molecular formula is C18H16F2N2. The molecule has 0 atom stereocenters. The molecule has 0 fully saturated rings. The summed E-state index contributed by atoms with van der Waals surface area (Å²) in [5, 5.41) is 0. The topological polar surface area (TPSA) is 25.8 Å². The molecule has 0 amide bonds. The Morgan fingerprint density at radius 1 is 0.727 bits per heavy atom. The first-order valence-electron chi connectivity index (χ1n) is 6.48. The molecule has 0 aliphatic rings. The molecule has 0 bridgehead atoms. The minimum absolute atomic E-state index is 0. The van der Waals surface area contributed by atoms with Gasteiger partial charge in [-0.15, -0.1) is 0 Å². The van der Waals surface area contributed by atoms with Crippen LogP contribution >= 0.6 is 0 Å². The number of rotatable bonds is 2. The lowest BCUT2D eigenvalue weighted by Gasteiger charge is -2.05. The van der Waals surface area contributed by atoms with Crippen molar-refractivity contribution < 1.29 is 8.78 Å². The van der Waals surface area contributed by atoms with E-state index in [4.69, 9.17) is 0 Å². The first kappa shape index (κ1) is 15.8. The van der Waals surface area contributed by atoms with Crippen molar-refractivity contribution in [3.8, 4) is 22.5 Å². The van der Waals surface area contributed by atoms with Crippen LogP contribution in [0.25, 0.3) is 22.5 Å². The van der Waals surface area contributed by atoms with E-state index in [1.54, 1.807) is 18.5 Å². The van der Waals surface area contributed by atoms with E-state index < -0.39 is 11.6 Å². The Balaban J connectivity index is 0.00000176. The first-order chi connectivity index (χ1) is 10.1. The van der Waals surface area contributed by atoms with Crippen LogP contribution in [0.3, 0.4) is 0 Å². The smallest absolute Gasteiger partial charge is 0.159 e. The van der Waals surface area contributed by atoms with Crippen LogP contribution in [-0.4, -0.2) is 9.97 Å². The normalized spacial score (nSPS) is 10.1. The summed E-state index contributed by atoms with van der Waals surface area (Å²) in [5.41, 5.74) is 3.31. The fourth-order valence-corrected chi connectivity index (χ4v) is 2.03. The van der Waals surface area contributed by atoms with Gasteiger partial charge in [0.1, 0.15) is 0 Å². The monoisotopic (exact) mass is 298 g/mol. The Kier molecular flexibility index (Phi) is 4.61. The third-order valence-electron chi connectivity index (χ3n) is 3.18. The lowest BCUT2D eigenvalue weighted by Crippen LogP contribution is -1.89. The van der Waals surface area contributed by atoms with Crippen LogP contribution in [0.15, 0.2) is 54.9 Å². The van der Waals surface area contributed by atoms with Crippen LogP contribution in [0, 0.1) is 18.6 Å². The molecule has 0 saturated carbocycles. The van der Waals surface area contributed by atoms with E-state index >= 15 is 0 Å². The van der Waals surface area contributed by atoms with Gasteiger partial charge in [0.05, 0.1) is 0 Å². The van der Waals surface area contributed by atoms with E-state index in [1.807, 2.05) is 31.2 Å². The van der Waals surface area contributed by atoms with E-state index in [1.165, 1.54) is 6.07 Å². The molecule has 0 N–H and O–H groups in total. The highest BCUT2D eigenvalue weighted by Crippen LogP contribution is 2.24. The van der Waals surface area contributed by atoms with Crippen molar-refractivity contribution in [1.82, 2.24) is 9.97 Å². The summed E-state index contributed by atoms with van der Waals surface area (Å²) < 4.78 is 26.2. The van der Waals surface area contributed by atoms with Crippen molar-refractivity contribution in [2.75, 3.05) is 0 Å². The lowest BCUT2D eigenvalue weighted by molar-refractivity contribution is 0.509. The molecule has 1 heterocycles. The maximum Gasteiger partial charge on any atom is 0.159 e. The molecule has 3 rings (SSSR count). The van der Waals surface area contributed by atoms with Gasteiger partial charge in [-0.2, -0.15) is 0 Å². The van der Waals surface area contributed by atoms with E-state index in [-0.39, 0.29) is 7.43 Å². The predicted octanol–water partition coefficient (Wildman–Crippen LogP) is 5.03. The largest absolute Gasteiger partial charge is 0.236 e. The number of nitrogens with zero attached hydrogens (tertiary/aromatic N) is 2. The first-order valence-corrected chi connectivity index (χ1v) is 6.48. The standard InChI is InChI=1S/C17H12F2N2.CH4/c1-11-9-20-17(21-10-11)13-4-2-12(3-5-13)14-6-7-15(18)16(19)8-14;/h2-10H,1H3;1H4. The maximum atomic E-state index is 13.3. The van der Waals surface area contributed by atoms with E-state index in [2.05, 4.69) is 9.97 Å². The molecule has 0 aliphatic carbocycles.